The van der Waals surface area contributed by atoms with E-state index in [1.165, 1.54) is 50.3 Å². The number of benzene rings is 5. The molecule has 0 bridgehead atoms. The Kier molecular flexibility index (Phi) is 10.9. The minimum Gasteiger partial charge on any atom is -0.509 e. The van der Waals surface area contributed by atoms with Crippen molar-refractivity contribution < 1.29 is 25.8 Å². The maximum atomic E-state index is 6.98. The minimum absolute atomic E-state index is 0. The molecule has 2 aliphatic rings. The molecule has 0 radical (unpaired) electrons. The van der Waals surface area contributed by atoms with E-state index in [0.29, 0.717) is 26.6 Å². The summed E-state index contributed by atoms with van der Waals surface area (Å²) in [6.07, 6.45) is 4.18. The van der Waals surface area contributed by atoms with Crippen LogP contribution in [0.4, 0.5) is 22.7 Å². The van der Waals surface area contributed by atoms with Crippen LogP contribution in [0.25, 0.3) is 27.6 Å². The van der Waals surface area contributed by atoms with Crippen molar-refractivity contribution >= 4 is 44.6 Å². The van der Waals surface area contributed by atoms with E-state index < -0.39 is 0 Å². The molecule has 1 fully saturated rings. The van der Waals surface area contributed by atoms with Crippen LogP contribution in [0.5, 0.6) is 11.5 Å². The average Bonchev–Trinajstić information content (AvgIpc) is 3.71. The van der Waals surface area contributed by atoms with Gasteiger partial charge in [0.05, 0.1) is 5.69 Å². The van der Waals surface area contributed by atoms with E-state index >= 15 is 0 Å². The molecule has 6 heteroatoms. The summed E-state index contributed by atoms with van der Waals surface area (Å²) in [6.45, 7) is 34.4. The number of quaternary nitrogens is 2. The molecular weight excluding hydrogens is 952 g/mol. The van der Waals surface area contributed by atoms with Crippen molar-refractivity contribution in [3.8, 4) is 17.3 Å². The monoisotopic (exact) mass is 1020 g/mol. The van der Waals surface area contributed by atoms with Gasteiger partial charge in [-0.15, -0.1) is 35.2 Å². The summed E-state index contributed by atoms with van der Waals surface area (Å²) in [6, 6.07) is 44.1. The third-order valence-electron chi connectivity index (χ3n) is 13.7. The van der Waals surface area contributed by atoms with E-state index in [9.17, 15) is 0 Å². The molecular formula is C57H65N4OPt-. The van der Waals surface area contributed by atoms with E-state index in [-0.39, 0.29) is 42.7 Å². The fourth-order valence-corrected chi connectivity index (χ4v) is 9.70. The van der Waals surface area contributed by atoms with E-state index in [0.717, 1.165) is 40.8 Å². The Morgan fingerprint density at radius 1 is 0.603 bits per heavy atom. The third-order valence-corrected chi connectivity index (χ3v) is 13.7. The van der Waals surface area contributed by atoms with Crippen LogP contribution < -0.4 is 13.9 Å². The zero-order valence-corrected chi connectivity index (χ0v) is 42.2. The standard InChI is InChI=1S/C57H65N4O.Pt/c1-15-37(16-2)38-18-17-19-43(28-38)60-36-61(60,51-25-21-40(32-52(51)60)55(6,7)8)44-29-42(57(12,13)14)30-46(34-44)62-45-22-24-48-47-23-20-39(54(3,4)5)31-49(47)59(50(48)35-45)53-33-41(26-27-58-53)56(9,10)11;/h17-33,36-37H,15-16H2,1-14H3;/q-1;/t60-,61?;/m0./s1. The third kappa shape index (κ3) is 7.31. The molecule has 5 aromatic carbocycles. The first-order chi connectivity index (χ1) is 29.1. The summed E-state index contributed by atoms with van der Waals surface area (Å²) in [5.74, 6) is 2.73. The Morgan fingerprint density at radius 2 is 1.24 bits per heavy atom. The zero-order valence-electron chi connectivity index (χ0n) is 39.9. The Balaban J connectivity index is 0.00000544. The van der Waals surface area contributed by atoms with E-state index in [2.05, 4.69) is 217 Å². The van der Waals surface area contributed by atoms with Crippen molar-refractivity contribution in [2.75, 3.05) is 0 Å². The molecule has 0 aliphatic carbocycles. The van der Waals surface area contributed by atoms with Crippen molar-refractivity contribution in [1.82, 2.24) is 18.7 Å². The van der Waals surface area contributed by atoms with Crippen molar-refractivity contribution in [3.05, 3.63) is 150 Å². The number of hydrogen-bond acceptors (Lipinski definition) is 2. The molecule has 0 N–H and O–H groups in total. The summed E-state index contributed by atoms with van der Waals surface area (Å²) >= 11 is 0. The van der Waals surface area contributed by atoms with Gasteiger partial charge in [0, 0.05) is 68.5 Å². The fraction of sp³-hybridized carbons (Fsp3) is 0.368. The van der Waals surface area contributed by atoms with Gasteiger partial charge in [-0.25, -0.2) is 9.58 Å². The number of nitrogens with zero attached hydrogens (tertiary/aromatic N) is 4. The van der Waals surface area contributed by atoms with Gasteiger partial charge in [-0.1, -0.05) is 139 Å². The minimum atomic E-state index is -0.139. The van der Waals surface area contributed by atoms with Gasteiger partial charge in [0.15, 0.2) is 12.4 Å². The number of hydrogen-bond donors (Lipinski definition) is 0. The van der Waals surface area contributed by atoms with Gasteiger partial charge in [0.25, 0.3) is 0 Å². The molecule has 1 unspecified atom stereocenters. The first-order valence-electron chi connectivity index (χ1n) is 22.8. The SMILES string of the molecule is CCC(CC)c1cccc([N@+]23[CH-][N+]2(c2[c-]c(Oc4[c-]c5c(cc4)c4ccc(C(C)(C)C)cc4n5-c4cc(C(C)(C)C)ccn4)cc(C(C)(C)C)c2)c2ccc(C(C)(C)C)cc23)c1.[Pt]. The molecule has 330 valence electrons. The van der Waals surface area contributed by atoms with Gasteiger partial charge in [0.2, 0.25) is 11.4 Å². The van der Waals surface area contributed by atoms with Crippen LogP contribution in [0.15, 0.2) is 103 Å². The molecule has 1 saturated heterocycles. The molecule has 2 aliphatic heterocycles. The van der Waals surface area contributed by atoms with Crippen molar-refractivity contribution in [2.45, 2.75) is 137 Å². The second-order valence-corrected chi connectivity index (χ2v) is 22.1. The summed E-state index contributed by atoms with van der Waals surface area (Å²) in [4.78, 5) is 4.98. The molecule has 5 nitrogen and oxygen atoms in total. The van der Waals surface area contributed by atoms with Gasteiger partial charge in [-0.3, -0.25) is 0 Å². The molecule has 4 heterocycles. The second-order valence-electron chi connectivity index (χ2n) is 22.1. The topological polar surface area (TPSA) is 27.1 Å². The van der Waals surface area contributed by atoms with Crippen LogP contribution in [0.3, 0.4) is 0 Å². The average molecular weight is 1020 g/mol. The smallest absolute Gasteiger partial charge is 0.225 e. The van der Waals surface area contributed by atoms with Crippen LogP contribution in [-0.2, 0) is 42.7 Å². The quantitative estimate of drug-likeness (QED) is 0.0862. The van der Waals surface area contributed by atoms with Crippen molar-refractivity contribution in [2.24, 2.45) is 0 Å². The number of aromatic nitrogens is 2. The van der Waals surface area contributed by atoms with E-state index in [1.54, 1.807) is 0 Å². The fourth-order valence-electron chi connectivity index (χ4n) is 9.70. The van der Waals surface area contributed by atoms with Gasteiger partial charge < -0.3 is 9.30 Å². The van der Waals surface area contributed by atoms with Gasteiger partial charge in [-0.2, -0.15) is 10.7 Å². The van der Waals surface area contributed by atoms with Crippen LogP contribution in [-0.4, -0.2) is 9.55 Å². The van der Waals surface area contributed by atoms with Crippen LogP contribution in [0.1, 0.15) is 144 Å². The van der Waals surface area contributed by atoms with Crippen LogP contribution in [0.2, 0.25) is 0 Å². The van der Waals surface area contributed by atoms with Gasteiger partial charge >= 0.3 is 0 Å². The molecule has 7 aromatic rings. The van der Waals surface area contributed by atoms with Crippen LogP contribution in [0, 0.1) is 18.8 Å². The molecule has 9 rings (SSSR count). The number of rotatable bonds is 8. The number of ether oxygens (including phenoxy) is 1. The first kappa shape index (κ1) is 45.0. The number of pyridine rings is 1. The normalized spacial score (nSPS) is 18.5. The Morgan fingerprint density at radius 3 is 1.90 bits per heavy atom. The Labute approximate surface area is 391 Å². The zero-order chi connectivity index (χ0) is 44.4. The molecule has 2 atom stereocenters. The summed E-state index contributed by atoms with van der Waals surface area (Å²) in [7, 11) is 0. The predicted octanol–water partition coefficient (Wildman–Crippen LogP) is 16.0. The summed E-state index contributed by atoms with van der Waals surface area (Å²) in [5, 5.41) is 2.29. The molecule has 2 aromatic heterocycles. The summed E-state index contributed by atoms with van der Waals surface area (Å²) in [5.41, 5.74) is 13.3. The van der Waals surface area contributed by atoms with Gasteiger partial charge in [-0.05, 0) is 86.3 Å². The summed E-state index contributed by atoms with van der Waals surface area (Å²) < 4.78 is 10.5. The maximum absolute atomic E-state index is 6.98. The largest absolute Gasteiger partial charge is 0.509 e. The molecule has 0 saturated carbocycles. The number of fused-ring (bicyclic) bond motifs is 7. The Hall–Kier alpha value is -4.54. The second kappa shape index (κ2) is 15.3. The molecule has 0 amide bonds. The van der Waals surface area contributed by atoms with Gasteiger partial charge in [0.1, 0.15) is 5.82 Å². The van der Waals surface area contributed by atoms with Crippen molar-refractivity contribution in [1.29, 1.82) is 0 Å². The predicted molar refractivity (Wildman–Crippen MR) is 261 cm³/mol. The van der Waals surface area contributed by atoms with Crippen LogP contribution >= 0.6 is 0 Å². The van der Waals surface area contributed by atoms with Crippen molar-refractivity contribution in [3.63, 3.8) is 0 Å². The van der Waals surface area contributed by atoms with E-state index in [1.807, 2.05) is 6.20 Å². The Bertz CT molecular complexity index is 2890. The first-order valence-corrected chi connectivity index (χ1v) is 22.8. The molecule has 0 spiro atoms. The van der Waals surface area contributed by atoms with E-state index in [4.69, 9.17) is 9.72 Å². The maximum Gasteiger partial charge on any atom is 0.225 e. The molecule has 63 heavy (non-hydrogen) atoms.